The molecule has 0 amide bonds. The highest BCUT2D eigenvalue weighted by atomic mass is 16.6. The number of benzene rings is 2. The van der Waals surface area contributed by atoms with Crippen molar-refractivity contribution in [2.45, 2.75) is 43.5 Å². The van der Waals surface area contributed by atoms with Gasteiger partial charge < -0.3 is 34.8 Å². The summed E-state index contributed by atoms with van der Waals surface area (Å²) >= 11 is 0. The molecular weight excluding hydrogens is 388 g/mol. The molecule has 5 N–H and O–H groups in total. The molecule has 2 unspecified atom stereocenters. The number of ether oxygens (including phenoxy) is 1. The maximum Gasteiger partial charge on any atom is 0.117 e. The van der Waals surface area contributed by atoms with Gasteiger partial charge >= 0.3 is 0 Å². The zero-order chi connectivity index (χ0) is 21.6. The third-order valence-corrected chi connectivity index (χ3v) is 5.89. The van der Waals surface area contributed by atoms with E-state index in [4.69, 9.17) is 4.74 Å². The molecule has 2 aromatic carbocycles. The van der Waals surface area contributed by atoms with Crippen molar-refractivity contribution in [2.24, 2.45) is 7.05 Å². The van der Waals surface area contributed by atoms with Crippen molar-refractivity contribution in [1.82, 2.24) is 9.55 Å². The highest BCUT2D eigenvalue weighted by molar-refractivity contribution is 5.82. The largest absolute Gasteiger partial charge is 0.394 e. The lowest BCUT2D eigenvalue weighted by Gasteiger charge is -2.42. The number of aliphatic hydroxyl groups is 5. The van der Waals surface area contributed by atoms with Crippen LogP contribution in [-0.4, -0.2) is 72.2 Å². The number of hydrogen-bond acceptors (Lipinski definition) is 7. The molecule has 1 aliphatic rings. The molecule has 8 heteroatoms. The Morgan fingerprint density at radius 3 is 2.43 bits per heavy atom. The van der Waals surface area contributed by atoms with Gasteiger partial charge in [0.25, 0.3) is 0 Å². The summed E-state index contributed by atoms with van der Waals surface area (Å²) in [6.45, 7) is 1.30. The van der Waals surface area contributed by atoms with Crippen LogP contribution in [0.2, 0.25) is 0 Å². The molecule has 1 aromatic heterocycles. The number of aryl methyl sites for hydroxylation is 2. The SMILES string of the molecule is Cc1cc(-c2ccc3ncn(C)c3c2)ccc1[C@@H](O)[C@H]1OC(CO)[C@@H](O)[C@H](O)C1O. The minimum Gasteiger partial charge on any atom is -0.394 e. The lowest BCUT2D eigenvalue weighted by Crippen LogP contribution is -2.59. The molecule has 0 aliphatic carbocycles. The minimum absolute atomic E-state index is 0.532. The van der Waals surface area contributed by atoms with E-state index in [0.717, 1.165) is 27.7 Å². The average molecular weight is 414 g/mol. The third kappa shape index (κ3) is 3.51. The lowest BCUT2D eigenvalue weighted by molar-refractivity contribution is -0.250. The van der Waals surface area contributed by atoms with E-state index in [0.29, 0.717) is 5.56 Å². The van der Waals surface area contributed by atoms with E-state index < -0.39 is 43.2 Å². The van der Waals surface area contributed by atoms with Crippen LogP contribution in [0.1, 0.15) is 17.2 Å². The molecule has 0 spiro atoms. The van der Waals surface area contributed by atoms with Crippen molar-refractivity contribution in [2.75, 3.05) is 6.61 Å². The Morgan fingerprint density at radius 1 is 1.03 bits per heavy atom. The van der Waals surface area contributed by atoms with Crippen LogP contribution < -0.4 is 0 Å². The molecule has 1 fully saturated rings. The number of rotatable bonds is 4. The highest BCUT2D eigenvalue weighted by Gasteiger charge is 2.46. The van der Waals surface area contributed by atoms with Crippen LogP contribution in [0.15, 0.2) is 42.7 Å². The Hall–Kier alpha value is -2.33. The van der Waals surface area contributed by atoms with Crippen molar-refractivity contribution < 1.29 is 30.3 Å². The summed E-state index contributed by atoms with van der Waals surface area (Å²) < 4.78 is 7.45. The Morgan fingerprint density at radius 2 is 1.73 bits per heavy atom. The first kappa shape index (κ1) is 20.9. The van der Waals surface area contributed by atoms with Crippen molar-refractivity contribution in [3.63, 3.8) is 0 Å². The lowest BCUT2D eigenvalue weighted by atomic mass is 9.88. The topological polar surface area (TPSA) is 128 Å². The fourth-order valence-electron chi connectivity index (χ4n) is 4.06. The number of imidazole rings is 1. The van der Waals surface area contributed by atoms with E-state index in [1.165, 1.54) is 0 Å². The Bertz CT molecular complexity index is 1050. The van der Waals surface area contributed by atoms with Crippen LogP contribution in [0, 0.1) is 6.92 Å². The zero-order valence-electron chi connectivity index (χ0n) is 16.8. The molecule has 8 nitrogen and oxygen atoms in total. The van der Waals surface area contributed by atoms with Gasteiger partial charge in [0.15, 0.2) is 0 Å². The molecular formula is C22H26N2O6. The summed E-state index contributed by atoms with van der Waals surface area (Å²) in [6, 6.07) is 11.5. The molecule has 4 rings (SSSR count). The summed E-state index contributed by atoms with van der Waals surface area (Å²) in [5.74, 6) is 0. The van der Waals surface area contributed by atoms with Crippen LogP contribution in [0.5, 0.6) is 0 Å². The quantitative estimate of drug-likeness (QED) is 0.419. The van der Waals surface area contributed by atoms with Crippen LogP contribution >= 0.6 is 0 Å². The monoisotopic (exact) mass is 414 g/mol. The van der Waals surface area contributed by atoms with Gasteiger partial charge in [-0.05, 0) is 41.3 Å². The highest BCUT2D eigenvalue weighted by Crippen LogP contribution is 2.33. The maximum atomic E-state index is 10.9. The molecule has 0 radical (unpaired) electrons. The maximum absolute atomic E-state index is 10.9. The van der Waals surface area contributed by atoms with Crippen molar-refractivity contribution in [3.05, 3.63) is 53.9 Å². The molecule has 160 valence electrons. The summed E-state index contributed by atoms with van der Waals surface area (Å²) in [4.78, 5) is 4.33. The van der Waals surface area contributed by atoms with E-state index in [1.807, 2.05) is 48.9 Å². The Balaban J connectivity index is 1.63. The standard InChI is InChI=1S/C22H26N2O6/c1-11-7-12(13-4-6-15-16(8-13)24(2)10-23-15)3-5-14(11)18(26)22-21(29)20(28)19(27)17(9-25)30-22/h3-8,10,17-22,25-29H,9H2,1-2H3/t17?,18-,19-,20+,21?,22-/m1/s1. The second kappa shape index (κ2) is 8.07. The van der Waals surface area contributed by atoms with Gasteiger partial charge in [-0.15, -0.1) is 0 Å². The molecule has 6 atom stereocenters. The number of fused-ring (bicyclic) bond motifs is 1. The predicted octanol–water partition coefficient (Wildman–Crippen LogP) is 0.425. The van der Waals surface area contributed by atoms with E-state index in [2.05, 4.69) is 4.98 Å². The predicted molar refractivity (Wildman–Crippen MR) is 110 cm³/mol. The molecule has 1 aliphatic heterocycles. The van der Waals surface area contributed by atoms with Crippen LogP contribution in [0.25, 0.3) is 22.2 Å². The normalized spacial score (nSPS) is 28.0. The number of hydrogen-bond donors (Lipinski definition) is 5. The first-order valence-corrected chi connectivity index (χ1v) is 9.82. The molecule has 0 saturated carbocycles. The van der Waals surface area contributed by atoms with Crippen LogP contribution in [0.4, 0.5) is 0 Å². The van der Waals surface area contributed by atoms with Crippen molar-refractivity contribution in [1.29, 1.82) is 0 Å². The number of aliphatic hydroxyl groups excluding tert-OH is 5. The van der Waals surface area contributed by atoms with Gasteiger partial charge in [-0.1, -0.05) is 24.3 Å². The van der Waals surface area contributed by atoms with Gasteiger partial charge in [-0.25, -0.2) is 4.98 Å². The van der Waals surface area contributed by atoms with Gasteiger partial charge in [0.2, 0.25) is 0 Å². The smallest absolute Gasteiger partial charge is 0.117 e. The molecule has 0 bridgehead atoms. The van der Waals surface area contributed by atoms with Crippen molar-refractivity contribution in [3.8, 4) is 11.1 Å². The minimum atomic E-state index is -1.53. The number of nitrogens with zero attached hydrogens (tertiary/aromatic N) is 2. The second-order valence-corrected chi connectivity index (χ2v) is 7.87. The fraction of sp³-hybridized carbons (Fsp3) is 0.409. The molecule has 2 heterocycles. The van der Waals surface area contributed by atoms with E-state index >= 15 is 0 Å². The zero-order valence-corrected chi connectivity index (χ0v) is 16.8. The Kier molecular flexibility index (Phi) is 5.63. The van der Waals surface area contributed by atoms with E-state index in [1.54, 1.807) is 12.4 Å². The first-order chi connectivity index (χ1) is 14.3. The molecule has 1 saturated heterocycles. The van der Waals surface area contributed by atoms with Gasteiger partial charge in [0.1, 0.15) is 36.6 Å². The van der Waals surface area contributed by atoms with Crippen molar-refractivity contribution >= 4 is 11.0 Å². The third-order valence-electron chi connectivity index (χ3n) is 5.89. The van der Waals surface area contributed by atoms with Gasteiger partial charge in [0.05, 0.1) is 24.0 Å². The number of aromatic nitrogens is 2. The Labute approximate surface area is 173 Å². The first-order valence-electron chi connectivity index (χ1n) is 9.82. The summed E-state index contributed by atoms with van der Waals surface area (Å²) in [5.41, 5.74) is 5.19. The average Bonchev–Trinajstić information content (AvgIpc) is 3.12. The van der Waals surface area contributed by atoms with Gasteiger partial charge in [-0.2, -0.15) is 0 Å². The molecule has 3 aromatic rings. The summed E-state index contributed by atoms with van der Waals surface area (Å²) in [5, 5.41) is 50.5. The fourth-order valence-corrected chi connectivity index (χ4v) is 4.06. The van der Waals surface area contributed by atoms with Gasteiger partial charge in [0, 0.05) is 7.05 Å². The van der Waals surface area contributed by atoms with Crippen LogP contribution in [0.3, 0.4) is 0 Å². The summed E-state index contributed by atoms with van der Waals surface area (Å²) in [7, 11) is 1.93. The van der Waals surface area contributed by atoms with E-state index in [-0.39, 0.29) is 0 Å². The van der Waals surface area contributed by atoms with Crippen LogP contribution in [-0.2, 0) is 11.8 Å². The second-order valence-electron chi connectivity index (χ2n) is 7.87. The molecule has 30 heavy (non-hydrogen) atoms. The van der Waals surface area contributed by atoms with Gasteiger partial charge in [-0.3, -0.25) is 0 Å². The van der Waals surface area contributed by atoms with E-state index in [9.17, 15) is 25.5 Å². The summed E-state index contributed by atoms with van der Waals surface area (Å²) in [6.07, 6.45) is -6.21.